The molecule has 0 unspecified atom stereocenters. The minimum atomic E-state index is 0.455. The highest BCUT2D eigenvalue weighted by Crippen LogP contribution is 2.24. The van der Waals surface area contributed by atoms with Gasteiger partial charge in [0.1, 0.15) is 23.2 Å². The number of methoxy groups -OCH3 is 1. The molecule has 0 aliphatic carbocycles. The highest BCUT2D eigenvalue weighted by Gasteiger charge is 2.03. The Kier molecular flexibility index (Phi) is 3.32. The first-order chi connectivity index (χ1) is 8.58. The van der Waals surface area contributed by atoms with E-state index in [1.165, 1.54) is 0 Å². The third-order valence-corrected chi connectivity index (χ3v) is 2.55. The summed E-state index contributed by atoms with van der Waals surface area (Å²) in [5.74, 6) is 2.62. The average Bonchev–Trinajstić information content (AvgIpc) is 2.30. The number of nitrogens with two attached hydrogens (primary N) is 1. The van der Waals surface area contributed by atoms with Crippen molar-refractivity contribution in [1.82, 2.24) is 9.97 Å². The lowest BCUT2D eigenvalue weighted by Gasteiger charge is -2.11. The fraction of sp³-hybridized carbons (Fsp3) is 0.231. The molecule has 0 aliphatic rings. The zero-order valence-electron chi connectivity index (χ0n) is 10.7. The monoisotopic (exact) mass is 244 g/mol. The number of nitrogens with one attached hydrogen (secondary N) is 1. The minimum absolute atomic E-state index is 0.455. The highest BCUT2D eigenvalue weighted by atomic mass is 16.5. The second-order valence-electron chi connectivity index (χ2n) is 4.03. The first-order valence-corrected chi connectivity index (χ1v) is 5.61. The quantitative estimate of drug-likeness (QED) is 0.867. The van der Waals surface area contributed by atoms with E-state index in [4.69, 9.17) is 10.5 Å². The molecule has 18 heavy (non-hydrogen) atoms. The van der Waals surface area contributed by atoms with E-state index in [1.54, 1.807) is 13.2 Å². The van der Waals surface area contributed by atoms with Gasteiger partial charge in [0.05, 0.1) is 7.11 Å². The van der Waals surface area contributed by atoms with Crippen LogP contribution in [0.3, 0.4) is 0 Å². The predicted octanol–water partition coefficient (Wildman–Crippen LogP) is 2.43. The van der Waals surface area contributed by atoms with Gasteiger partial charge in [0.15, 0.2) is 0 Å². The normalized spacial score (nSPS) is 10.2. The molecular weight excluding hydrogens is 228 g/mol. The van der Waals surface area contributed by atoms with Gasteiger partial charge in [0.25, 0.3) is 0 Å². The van der Waals surface area contributed by atoms with E-state index >= 15 is 0 Å². The lowest BCUT2D eigenvalue weighted by molar-refractivity contribution is 0.414. The molecule has 0 radical (unpaired) electrons. The fourth-order valence-electron chi connectivity index (χ4n) is 1.70. The van der Waals surface area contributed by atoms with Gasteiger partial charge in [-0.3, -0.25) is 0 Å². The molecule has 0 fully saturated rings. The van der Waals surface area contributed by atoms with Crippen LogP contribution in [-0.4, -0.2) is 17.1 Å². The maximum atomic E-state index is 5.69. The van der Waals surface area contributed by atoms with Crippen LogP contribution in [0.15, 0.2) is 24.3 Å². The SMILES string of the molecule is COc1ccc(Nc2cc(N)nc(C)n2)c(C)c1. The van der Waals surface area contributed by atoms with Crippen molar-refractivity contribution in [3.05, 3.63) is 35.7 Å². The number of aromatic nitrogens is 2. The Morgan fingerprint density at radius 2 is 1.94 bits per heavy atom. The van der Waals surface area contributed by atoms with E-state index in [1.807, 2.05) is 32.0 Å². The molecule has 2 rings (SSSR count). The number of nitrogens with zero attached hydrogens (tertiary/aromatic N) is 2. The molecule has 5 heteroatoms. The molecule has 1 aromatic heterocycles. The summed E-state index contributed by atoms with van der Waals surface area (Å²) in [6.45, 7) is 3.81. The van der Waals surface area contributed by atoms with Gasteiger partial charge in [-0.05, 0) is 37.6 Å². The smallest absolute Gasteiger partial charge is 0.136 e. The maximum Gasteiger partial charge on any atom is 0.136 e. The molecule has 5 nitrogen and oxygen atoms in total. The van der Waals surface area contributed by atoms with Gasteiger partial charge in [0.2, 0.25) is 0 Å². The van der Waals surface area contributed by atoms with E-state index in [0.29, 0.717) is 17.5 Å². The van der Waals surface area contributed by atoms with Crippen LogP contribution >= 0.6 is 0 Å². The predicted molar refractivity (Wildman–Crippen MR) is 72.2 cm³/mol. The molecule has 1 heterocycles. The first kappa shape index (κ1) is 12.2. The van der Waals surface area contributed by atoms with Crippen LogP contribution in [0, 0.1) is 13.8 Å². The van der Waals surface area contributed by atoms with E-state index < -0.39 is 0 Å². The molecule has 0 saturated carbocycles. The Bertz CT molecular complexity index is 549. The van der Waals surface area contributed by atoms with Crippen molar-refractivity contribution < 1.29 is 4.74 Å². The number of nitrogen functional groups attached to an aromatic ring is 1. The lowest BCUT2D eigenvalue weighted by Crippen LogP contribution is -2.01. The maximum absolute atomic E-state index is 5.69. The molecule has 3 N–H and O–H groups in total. The molecule has 0 bridgehead atoms. The number of hydrogen-bond acceptors (Lipinski definition) is 5. The average molecular weight is 244 g/mol. The van der Waals surface area contributed by atoms with E-state index in [2.05, 4.69) is 15.3 Å². The summed E-state index contributed by atoms with van der Waals surface area (Å²) in [5.41, 5.74) is 7.73. The number of ether oxygens (including phenoxy) is 1. The Morgan fingerprint density at radius 1 is 1.17 bits per heavy atom. The summed E-state index contributed by atoms with van der Waals surface area (Å²) in [4.78, 5) is 8.31. The van der Waals surface area contributed by atoms with Crippen molar-refractivity contribution in [2.75, 3.05) is 18.2 Å². The van der Waals surface area contributed by atoms with Crippen LogP contribution in [0.4, 0.5) is 17.3 Å². The summed E-state index contributed by atoms with van der Waals surface area (Å²) < 4.78 is 5.17. The second-order valence-corrected chi connectivity index (χ2v) is 4.03. The van der Waals surface area contributed by atoms with Crippen molar-refractivity contribution >= 4 is 17.3 Å². The number of hydrogen-bond donors (Lipinski definition) is 2. The molecule has 1 aromatic carbocycles. The largest absolute Gasteiger partial charge is 0.497 e. The van der Waals surface area contributed by atoms with Gasteiger partial charge < -0.3 is 15.8 Å². The van der Waals surface area contributed by atoms with Crippen LogP contribution < -0.4 is 15.8 Å². The minimum Gasteiger partial charge on any atom is -0.497 e. The summed E-state index contributed by atoms with van der Waals surface area (Å²) in [6, 6.07) is 7.50. The molecular formula is C13H16N4O. The molecule has 94 valence electrons. The van der Waals surface area contributed by atoms with Crippen molar-refractivity contribution in [2.45, 2.75) is 13.8 Å². The Morgan fingerprint density at radius 3 is 2.56 bits per heavy atom. The summed E-state index contributed by atoms with van der Waals surface area (Å²) >= 11 is 0. The van der Waals surface area contributed by atoms with E-state index in [-0.39, 0.29) is 0 Å². The van der Waals surface area contributed by atoms with Crippen molar-refractivity contribution in [2.24, 2.45) is 0 Å². The van der Waals surface area contributed by atoms with Gasteiger partial charge in [-0.2, -0.15) is 0 Å². The van der Waals surface area contributed by atoms with Gasteiger partial charge in [0, 0.05) is 11.8 Å². The standard InChI is InChI=1S/C13H16N4O/c1-8-6-10(18-3)4-5-11(8)17-13-7-12(14)15-9(2)16-13/h4-7H,1-3H3,(H3,14,15,16,17). The highest BCUT2D eigenvalue weighted by molar-refractivity contribution is 5.63. The Hall–Kier alpha value is -2.30. The molecule has 0 amide bonds. The molecule has 0 aliphatic heterocycles. The zero-order valence-corrected chi connectivity index (χ0v) is 10.7. The summed E-state index contributed by atoms with van der Waals surface area (Å²) in [7, 11) is 1.65. The second kappa shape index (κ2) is 4.91. The molecule has 0 atom stereocenters. The van der Waals surface area contributed by atoms with Gasteiger partial charge >= 0.3 is 0 Å². The van der Waals surface area contributed by atoms with Gasteiger partial charge in [-0.1, -0.05) is 0 Å². The summed E-state index contributed by atoms with van der Waals surface area (Å²) in [5, 5.41) is 3.22. The lowest BCUT2D eigenvalue weighted by atomic mass is 10.2. The van der Waals surface area contributed by atoms with Crippen molar-refractivity contribution in [3.63, 3.8) is 0 Å². The fourth-order valence-corrected chi connectivity index (χ4v) is 1.70. The van der Waals surface area contributed by atoms with Gasteiger partial charge in [-0.25, -0.2) is 9.97 Å². The van der Waals surface area contributed by atoms with Crippen LogP contribution in [0.1, 0.15) is 11.4 Å². The van der Waals surface area contributed by atoms with Crippen LogP contribution in [0.2, 0.25) is 0 Å². The Balaban J connectivity index is 2.28. The number of rotatable bonds is 3. The van der Waals surface area contributed by atoms with Crippen LogP contribution in [0.25, 0.3) is 0 Å². The molecule has 2 aromatic rings. The topological polar surface area (TPSA) is 73.1 Å². The van der Waals surface area contributed by atoms with Crippen molar-refractivity contribution in [1.29, 1.82) is 0 Å². The molecule has 0 saturated heterocycles. The van der Waals surface area contributed by atoms with Crippen LogP contribution in [-0.2, 0) is 0 Å². The number of aryl methyl sites for hydroxylation is 2. The Labute approximate surface area is 106 Å². The third kappa shape index (κ3) is 2.68. The molecule has 0 spiro atoms. The zero-order chi connectivity index (χ0) is 13.1. The van der Waals surface area contributed by atoms with E-state index in [0.717, 1.165) is 17.0 Å². The first-order valence-electron chi connectivity index (χ1n) is 5.61. The number of anilines is 3. The van der Waals surface area contributed by atoms with Crippen LogP contribution in [0.5, 0.6) is 5.75 Å². The summed E-state index contributed by atoms with van der Waals surface area (Å²) in [6.07, 6.45) is 0. The van der Waals surface area contributed by atoms with Gasteiger partial charge in [-0.15, -0.1) is 0 Å². The number of benzene rings is 1. The third-order valence-electron chi connectivity index (χ3n) is 2.55. The van der Waals surface area contributed by atoms with Crippen molar-refractivity contribution in [3.8, 4) is 5.75 Å². The van der Waals surface area contributed by atoms with E-state index in [9.17, 15) is 0 Å².